The molecule has 2 aromatic carbocycles. The zero-order valence-corrected chi connectivity index (χ0v) is 20.5. The van der Waals surface area contributed by atoms with Crippen LogP contribution < -0.4 is 10.1 Å². The minimum atomic E-state index is -3.73. The third-order valence-corrected chi connectivity index (χ3v) is 6.53. The molecule has 0 aliphatic carbocycles. The molecule has 4 rings (SSSR count). The lowest BCUT2D eigenvalue weighted by Gasteiger charge is -2.29. The predicted molar refractivity (Wildman–Crippen MR) is 127 cm³/mol. The number of aryl methyl sites for hydroxylation is 1. The van der Waals surface area contributed by atoms with E-state index in [0.29, 0.717) is 16.7 Å². The minimum absolute atomic E-state index is 0.00229. The highest BCUT2D eigenvalue weighted by Crippen LogP contribution is 2.36. The Morgan fingerprint density at radius 3 is 2.61 bits per heavy atom. The highest BCUT2D eigenvalue weighted by atomic mass is 35.5. The van der Waals surface area contributed by atoms with Crippen molar-refractivity contribution in [2.24, 2.45) is 0 Å². The van der Waals surface area contributed by atoms with Crippen LogP contribution in [0, 0.1) is 0 Å². The Bertz CT molecular complexity index is 1250. The molecule has 2 aromatic rings. The number of carbonyl (C=O) groups excluding carboxylic acids is 4. The number of amides is 3. The number of alkyl halides is 2. The summed E-state index contributed by atoms with van der Waals surface area (Å²) in [6, 6.07) is 7.65. The van der Waals surface area contributed by atoms with E-state index in [1.54, 1.807) is 32.0 Å². The SMILES string of the molecule is CC(C)Oc1ccc(C(F)(F)C(=O)CCc2ccc3c(c2)CN(C2CCC(=O)NC2=O)C3=O)cc1Cl. The minimum Gasteiger partial charge on any atom is -0.489 e. The number of nitrogens with zero attached hydrogens (tertiary/aromatic N) is 1. The maximum absolute atomic E-state index is 14.9. The summed E-state index contributed by atoms with van der Waals surface area (Å²) < 4.78 is 35.2. The van der Waals surface area contributed by atoms with Gasteiger partial charge in [-0.2, -0.15) is 8.78 Å². The van der Waals surface area contributed by atoms with E-state index in [0.717, 1.165) is 12.1 Å². The van der Waals surface area contributed by atoms with Gasteiger partial charge in [0.05, 0.1) is 11.1 Å². The van der Waals surface area contributed by atoms with Crippen molar-refractivity contribution in [3.05, 3.63) is 63.7 Å². The number of ether oxygens (including phenoxy) is 1. The molecule has 0 aromatic heterocycles. The second kappa shape index (κ2) is 9.97. The number of benzene rings is 2. The predicted octanol–water partition coefficient (Wildman–Crippen LogP) is 4.18. The van der Waals surface area contributed by atoms with E-state index < -0.39 is 35.6 Å². The van der Waals surface area contributed by atoms with Crippen LogP contribution in [0.3, 0.4) is 0 Å². The van der Waals surface area contributed by atoms with Gasteiger partial charge in [-0.15, -0.1) is 0 Å². The van der Waals surface area contributed by atoms with Gasteiger partial charge >= 0.3 is 5.92 Å². The zero-order chi connectivity index (χ0) is 26.2. The molecule has 1 N–H and O–H groups in total. The maximum Gasteiger partial charge on any atom is 0.330 e. The molecule has 2 aliphatic rings. The molecule has 2 aliphatic heterocycles. The molecule has 2 heterocycles. The molecule has 10 heteroatoms. The first kappa shape index (κ1) is 25.8. The fourth-order valence-electron chi connectivity index (χ4n) is 4.40. The first-order valence-electron chi connectivity index (χ1n) is 11.6. The van der Waals surface area contributed by atoms with Gasteiger partial charge in [0.2, 0.25) is 17.6 Å². The number of carbonyl (C=O) groups is 4. The molecule has 1 atom stereocenters. The van der Waals surface area contributed by atoms with Crippen LogP contribution in [-0.4, -0.2) is 40.6 Å². The molecular formula is C26H25ClF2N2O5. The molecule has 7 nitrogen and oxygen atoms in total. The lowest BCUT2D eigenvalue weighted by Crippen LogP contribution is -2.52. The zero-order valence-electron chi connectivity index (χ0n) is 19.8. The van der Waals surface area contributed by atoms with Gasteiger partial charge in [-0.1, -0.05) is 23.7 Å². The Hall–Kier alpha value is -3.33. The number of nitrogens with one attached hydrogen (secondary N) is 1. The van der Waals surface area contributed by atoms with E-state index in [1.165, 1.54) is 11.0 Å². The van der Waals surface area contributed by atoms with Crippen molar-refractivity contribution in [1.82, 2.24) is 10.2 Å². The Morgan fingerprint density at radius 2 is 1.94 bits per heavy atom. The number of hydrogen-bond acceptors (Lipinski definition) is 5. The summed E-state index contributed by atoms with van der Waals surface area (Å²) in [5.41, 5.74) is 1.18. The van der Waals surface area contributed by atoms with Crippen LogP contribution in [0.5, 0.6) is 5.75 Å². The van der Waals surface area contributed by atoms with Gasteiger partial charge in [-0.05, 0) is 62.1 Å². The molecule has 1 unspecified atom stereocenters. The largest absolute Gasteiger partial charge is 0.489 e. The van der Waals surface area contributed by atoms with E-state index in [1.807, 2.05) is 0 Å². The number of piperidine rings is 1. The van der Waals surface area contributed by atoms with Crippen LogP contribution in [0.25, 0.3) is 0 Å². The number of rotatable bonds is 8. The van der Waals surface area contributed by atoms with Gasteiger partial charge in [-0.3, -0.25) is 24.5 Å². The summed E-state index contributed by atoms with van der Waals surface area (Å²) in [6.45, 7) is 3.73. The topological polar surface area (TPSA) is 92.8 Å². The molecule has 36 heavy (non-hydrogen) atoms. The summed E-state index contributed by atoms with van der Waals surface area (Å²) in [7, 11) is 0. The van der Waals surface area contributed by atoms with Gasteiger partial charge in [-0.25, -0.2) is 0 Å². The average molecular weight is 519 g/mol. The van der Waals surface area contributed by atoms with Gasteiger partial charge in [0.15, 0.2) is 0 Å². The Labute approximate surface area is 211 Å². The summed E-state index contributed by atoms with van der Waals surface area (Å²) in [5, 5.41) is 2.24. The van der Waals surface area contributed by atoms with Crippen LogP contribution in [-0.2, 0) is 33.3 Å². The molecule has 1 saturated heterocycles. The van der Waals surface area contributed by atoms with Crippen LogP contribution >= 0.6 is 11.6 Å². The monoisotopic (exact) mass is 518 g/mol. The molecule has 190 valence electrons. The number of ketones is 1. The average Bonchev–Trinajstić information content (AvgIpc) is 3.13. The van der Waals surface area contributed by atoms with Crippen LogP contribution in [0.4, 0.5) is 8.78 Å². The molecular weight excluding hydrogens is 494 g/mol. The Balaban J connectivity index is 1.42. The lowest BCUT2D eigenvalue weighted by molar-refractivity contribution is -0.144. The van der Waals surface area contributed by atoms with Crippen molar-refractivity contribution in [1.29, 1.82) is 0 Å². The number of imide groups is 1. The van der Waals surface area contributed by atoms with E-state index in [2.05, 4.69) is 5.32 Å². The third kappa shape index (κ3) is 5.11. The Kier molecular flexibility index (Phi) is 7.13. The number of hydrogen-bond donors (Lipinski definition) is 1. The lowest BCUT2D eigenvalue weighted by atomic mass is 9.97. The van der Waals surface area contributed by atoms with Crippen molar-refractivity contribution in [2.45, 2.75) is 64.1 Å². The normalized spacial score (nSPS) is 17.9. The van der Waals surface area contributed by atoms with Crippen molar-refractivity contribution in [2.75, 3.05) is 0 Å². The van der Waals surface area contributed by atoms with Gasteiger partial charge in [0.1, 0.15) is 11.8 Å². The van der Waals surface area contributed by atoms with E-state index in [9.17, 15) is 28.0 Å². The number of Topliss-reactive ketones (excluding diaryl/α,β-unsaturated/α-hetero) is 1. The highest BCUT2D eigenvalue weighted by Gasteiger charge is 2.41. The quantitative estimate of drug-likeness (QED) is 0.529. The highest BCUT2D eigenvalue weighted by molar-refractivity contribution is 6.32. The van der Waals surface area contributed by atoms with Gasteiger partial charge < -0.3 is 9.64 Å². The molecule has 0 bridgehead atoms. The third-order valence-electron chi connectivity index (χ3n) is 6.24. The first-order valence-corrected chi connectivity index (χ1v) is 12.0. The number of halogens is 3. The summed E-state index contributed by atoms with van der Waals surface area (Å²) in [6.07, 6.45) is -0.157. The second-order valence-electron chi connectivity index (χ2n) is 9.20. The first-order chi connectivity index (χ1) is 17.0. The standard InChI is InChI=1S/C26H25ClF2N2O5/c1-14(2)36-21-8-5-17(12-19(21)27)26(28,29)22(32)9-4-15-3-6-18-16(11-15)13-31(25(18)35)20-7-10-23(33)30-24(20)34/h3,5-6,8,11-12,14,20H,4,7,9-10,13H2,1-2H3,(H,30,33,34). The molecule has 0 radical (unpaired) electrons. The summed E-state index contributed by atoms with van der Waals surface area (Å²) >= 11 is 6.06. The second-order valence-corrected chi connectivity index (χ2v) is 9.61. The van der Waals surface area contributed by atoms with Crippen molar-refractivity contribution < 1.29 is 32.7 Å². The van der Waals surface area contributed by atoms with E-state index in [-0.39, 0.29) is 54.5 Å². The van der Waals surface area contributed by atoms with Crippen molar-refractivity contribution >= 4 is 35.1 Å². The maximum atomic E-state index is 14.9. The number of fused-ring (bicyclic) bond motifs is 1. The molecule has 0 spiro atoms. The van der Waals surface area contributed by atoms with Crippen molar-refractivity contribution in [3.63, 3.8) is 0 Å². The van der Waals surface area contributed by atoms with E-state index >= 15 is 0 Å². The summed E-state index contributed by atoms with van der Waals surface area (Å²) in [5.74, 6) is -5.92. The summed E-state index contributed by atoms with van der Waals surface area (Å²) in [4.78, 5) is 50.2. The van der Waals surface area contributed by atoms with Gasteiger partial charge in [0.25, 0.3) is 5.91 Å². The molecule has 3 amide bonds. The molecule has 1 fully saturated rings. The van der Waals surface area contributed by atoms with Crippen molar-refractivity contribution in [3.8, 4) is 5.75 Å². The molecule has 0 saturated carbocycles. The fraction of sp³-hybridized carbons (Fsp3) is 0.385. The van der Waals surface area contributed by atoms with Crippen LogP contribution in [0.15, 0.2) is 36.4 Å². The van der Waals surface area contributed by atoms with Gasteiger partial charge in [0, 0.05) is 30.5 Å². The Morgan fingerprint density at radius 1 is 1.19 bits per heavy atom. The van der Waals surface area contributed by atoms with Crippen LogP contribution in [0.2, 0.25) is 5.02 Å². The van der Waals surface area contributed by atoms with E-state index in [4.69, 9.17) is 16.3 Å². The van der Waals surface area contributed by atoms with Crippen LogP contribution in [0.1, 0.15) is 60.2 Å². The smallest absolute Gasteiger partial charge is 0.330 e. The fourth-order valence-corrected chi connectivity index (χ4v) is 4.63.